The molecular formula is C29H29ClN4O7. The van der Waals surface area contributed by atoms with Crippen LogP contribution in [0.5, 0.6) is 11.5 Å². The molecule has 0 saturated carbocycles. The number of hydrazone groups is 1. The lowest BCUT2D eigenvalue weighted by atomic mass is 9.95. The van der Waals surface area contributed by atoms with Crippen LogP contribution in [-0.2, 0) is 14.3 Å². The van der Waals surface area contributed by atoms with E-state index in [4.69, 9.17) is 30.2 Å². The highest BCUT2D eigenvalue weighted by Crippen LogP contribution is 2.34. The van der Waals surface area contributed by atoms with E-state index in [9.17, 15) is 14.4 Å². The molecule has 2 aromatic carbocycles. The third-order valence-electron chi connectivity index (χ3n) is 6.12. The van der Waals surface area contributed by atoms with Crippen LogP contribution in [0.4, 0.5) is 4.79 Å². The number of halogens is 1. The van der Waals surface area contributed by atoms with E-state index < -0.39 is 23.9 Å². The zero-order valence-corrected chi connectivity index (χ0v) is 23.6. The maximum Gasteiger partial charge on any atom is 0.338 e. The molecule has 12 heteroatoms. The Hall–Kier alpha value is -4.77. The molecule has 3 aromatic rings. The molecule has 1 aromatic heterocycles. The van der Waals surface area contributed by atoms with Crippen LogP contribution in [0, 0.1) is 6.92 Å². The van der Waals surface area contributed by atoms with Crippen LogP contribution in [0.3, 0.4) is 0 Å². The maximum atomic E-state index is 12.6. The van der Waals surface area contributed by atoms with E-state index >= 15 is 0 Å². The summed E-state index contributed by atoms with van der Waals surface area (Å²) in [6.07, 6.45) is 1.38. The van der Waals surface area contributed by atoms with Gasteiger partial charge in [0.15, 0.2) is 18.1 Å². The van der Waals surface area contributed by atoms with Gasteiger partial charge in [-0.1, -0.05) is 23.7 Å². The summed E-state index contributed by atoms with van der Waals surface area (Å²) in [6, 6.07) is 12.7. The van der Waals surface area contributed by atoms with Crippen LogP contribution in [0.25, 0.3) is 11.3 Å². The highest BCUT2D eigenvalue weighted by Gasteiger charge is 2.32. The molecule has 41 heavy (non-hydrogen) atoms. The second-order valence-electron chi connectivity index (χ2n) is 8.94. The minimum Gasteiger partial charge on any atom is -0.493 e. The van der Waals surface area contributed by atoms with Crippen molar-refractivity contribution in [3.05, 3.63) is 81.7 Å². The summed E-state index contributed by atoms with van der Waals surface area (Å²) in [5.41, 5.74) is 5.47. The smallest absolute Gasteiger partial charge is 0.338 e. The number of nitrogens with one attached hydrogen (secondary N) is 3. The molecule has 0 radical (unpaired) electrons. The van der Waals surface area contributed by atoms with Crippen molar-refractivity contribution in [3.8, 4) is 22.8 Å². The number of benzene rings is 2. The summed E-state index contributed by atoms with van der Waals surface area (Å²) in [7, 11) is 1.44. The van der Waals surface area contributed by atoms with Gasteiger partial charge < -0.3 is 29.3 Å². The number of nitrogens with zero attached hydrogens (tertiary/aromatic N) is 1. The van der Waals surface area contributed by atoms with E-state index in [1.165, 1.54) is 13.3 Å². The fraction of sp³-hybridized carbons (Fsp3) is 0.241. The number of esters is 1. The Kier molecular flexibility index (Phi) is 9.30. The van der Waals surface area contributed by atoms with Gasteiger partial charge in [0.05, 0.1) is 31.5 Å². The lowest BCUT2D eigenvalue weighted by Crippen LogP contribution is -2.45. The molecule has 2 heterocycles. The summed E-state index contributed by atoms with van der Waals surface area (Å²) in [5, 5.41) is 9.84. The first kappa shape index (κ1) is 29.2. The molecule has 0 bridgehead atoms. The fourth-order valence-corrected chi connectivity index (χ4v) is 4.35. The number of hydrogen-bond acceptors (Lipinski definition) is 8. The van der Waals surface area contributed by atoms with Crippen molar-refractivity contribution in [3.63, 3.8) is 0 Å². The number of rotatable bonds is 10. The van der Waals surface area contributed by atoms with Gasteiger partial charge in [0.25, 0.3) is 5.91 Å². The number of urea groups is 1. The number of furan rings is 1. The predicted molar refractivity (Wildman–Crippen MR) is 152 cm³/mol. The standard InChI is InChI=1S/C29H29ClN4O7/c1-5-39-28(36)26-17(3)32-29(37)33-27(26)18-7-10-23(24(12-18)38-4)40-15-25(35)34-31-14-20-9-11-22(41-20)21-13-19(30)8-6-16(21)2/h6-14,27H,5,15H2,1-4H3,(H,34,35)(H2,32,33,37)/b31-14-/t27-/m1/s1. The molecule has 214 valence electrons. The van der Waals surface area contributed by atoms with Gasteiger partial charge in [-0.15, -0.1) is 0 Å². The number of allylic oxidation sites excluding steroid dienone is 1. The van der Waals surface area contributed by atoms with Crippen LogP contribution in [0.2, 0.25) is 5.02 Å². The lowest BCUT2D eigenvalue weighted by molar-refractivity contribution is -0.139. The molecule has 3 amide bonds. The predicted octanol–water partition coefficient (Wildman–Crippen LogP) is 4.64. The van der Waals surface area contributed by atoms with Crippen molar-refractivity contribution in [2.24, 2.45) is 5.10 Å². The highest BCUT2D eigenvalue weighted by molar-refractivity contribution is 6.30. The van der Waals surface area contributed by atoms with E-state index in [1.807, 2.05) is 19.1 Å². The largest absolute Gasteiger partial charge is 0.493 e. The third-order valence-corrected chi connectivity index (χ3v) is 6.35. The van der Waals surface area contributed by atoms with Gasteiger partial charge in [-0.3, -0.25) is 4.79 Å². The molecule has 11 nitrogen and oxygen atoms in total. The van der Waals surface area contributed by atoms with Gasteiger partial charge in [0.1, 0.15) is 11.5 Å². The third kappa shape index (κ3) is 7.06. The van der Waals surface area contributed by atoms with E-state index in [2.05, 4.69) is 21.2 Å². The minimum atomic E-state index is -0.770. The summed E-state index contributed by atoms with van der Waals surface area (Å²) in [6.45, 7) is 5.11. The molecule has 0 unspecified atom stereocenters. The fourth-order valence-electron chi connectivity index (χ4n) is 4.18. The van der Waals surface area contributed by atoms with Crippen molar-refractivity contribution in [1.29, 1.82) is 0 Å². The first-order valence-electron chi connectivity index (χ1n) is 12.6. The quantitative estimate of drug-likeness (QED) is 0.180. The van der Waals surface area contributed by atoms with Gasteiger partial charge in [0, 0.05) is 16.3 Å². The van der Waals surface area contributed by atoms with E-state index in [-0.39, 0.29) is 24.5 Å². The average Bonchev–Trinajstić information content (AvgIpc) is 3.41. The topological polar surface area (TPSA) is 140 Å². The number of carbonyl (C=O) groups is 3. The molecule has 1 atom stereocenters. The second-order valence-corrected chi connectivity index (χ2v) is 9.38. The second kappa shape index (κ2) is 13.1. The molecule has 0 fully saturated rings. The molecule has 4 rings (SSSR count). The Labute approximate surface area is 241 Å². The maximum absolute atomic E-state index is 12.6. The Morgan fingerprint density at radius 1 is 1.12 bits per heavy atom. The summed E-state index contributed by atoms with van der Waals surface area (Å²) in [5.74, 6) is 0.575. The van der Waals surface area contributed by atoms with Crippen LogP contribution in [0.15, 0.2) is 69.3 Å². The number of methoxy groups -OCH3 is 1. The SMILES string of the molecule is CCOC(=O)C1=C(C)NC(=O)N[C@@H]1c1ccc(OCC(=O)N/N=C\c2ccc(-c3cc(Cl)ccc3C)o2)c(OC)c1. The number of hydrogen-bond donors (Lipinski definition) is 3. The molecule has 3 N–H and O–H groups in total. The lowest BCUT2D eigenvalue weighted by Gasteiger charge is -2.28. The molecule has 0 saturated heterocycles. The van der Waals surface area contributed by atoms with Gasteiger partial charge in [-0.2, -0.15) is 5.10 Å². The van der Waals surface area contributed by atoms with Gasteiger partial charge in [0.2, 0.25) is 0 Å². The van der Waals surface area contributed by atoms with Crippen molar-refractivity contribution >= 4 is 35.7 Å². The molecular weight excluding hydrogens is 552 g/mol. The Morgan fingerprint density at radius 3 is 2.68 bits per heavy atom. The minimum absolute atomic E-state index is 0.184. The normalized spacial score (nSPS) is 14.9. The Morgan fingerprint density at radius 2 is 1.93 bits per heavy atom. The molecule has 0 spiro atoms. The first-order chi connectivity index (χ1) is 19.7. The summed E-state index contributed by atoms with van der Waals surface area (Å²) in [4.78, 5) is 37.0. The number of carbonyl (C=O) groups excluding carboxylic acids is 3. The van der Waals surface area contributed by atoms with Crippen molar-refractivity contribution in [2.45, 2.75) is 26.8 Å². The van der Waals surface area contributed by atoms with Crippen LogP contribution < -0.4 is 25.5 Å². The zero-order valence-electron chi connectivity index (χ0n) is 22.9. The van der Waals surface area contributed by atoms with Gasteiger partial charge >= 0.3 is 12.0 Å². The Bertz CT molecular complexity index is 1530. The molecule has 0 aliphatic carbocycles. The number of amides is 3. The van der Waals surface area contributed by atoms with Crippen molar-refractivity contribution in [1.82, 2.24) is 16.1 Å². The first-order valence-corrected chi connectivity index (χ1v) is 13.0. The Balaban J connectivity index is 1.38. The number of aryl methyl sites for hydroxylation is 1. The summed E-state index contributed by atoms with van der Waals surface area (Å²) >= 11 is 6.10. The van der Waals surface area contributed by atoms with Crippen molar-refractivity contribution in [2.75, 3.05) is 20.3 Å². The monoisotopic (exact) mass is 580 g/mol. The average molecular weight is 581 g/mol. The van der Waals surface area contributed by atoms with E-state index in [1.54, 1.807) is 50.2 Å². The van der Waals surface area contributed by atoms with Gasteiger partial charge in [-0.25, -0.2) is 15.0 Å². The van der Waals surface area contributed by atoms with Crippen molar-refractivity contribution < 1.29 is 33.0 Å². The molecule has 1 aliphatic heterocycles. The van der Waals surface area contributed by atoms with Crippen LogP contribution in [0.1, 0.15) is 36.8 Å². The number of ether oxygens (including phenoxy) is 3. The van der Waals surface area contributed by atoms with E-state index in [0.717, 1.165) is 11.1 Å². The zero-order chi connectivity index (χ0) is 29.5. The van der Waals surface area contributed by atoms with Crippen LogP contribution in [-0.4, -0.2) is 44.4 Å². The molecule has 1 aliphatic rings. The van der Waals surface area contributed by atoms with Gasteiger partial charge in [-0.05, 0) is 68.3 Å². The highest BCUT2D eigenvalue weighted by atomic mass is 35.5. The summed E-state index contributed by atoms with van der Waals surface area (Å²) < 4.78 is 22.0. The van der Waals surface area contributed by atoms with Crippen LogP contribution >= 0.6 is 11.6 Å². The van der Waals surface area contributed by atoms with E-state index in [0.29, 0.717) is 33.6 Å².